The molecule has 2 aromatic rings. The highest BCUT2D eigenvalue weighted by Crippen LogP contribution is 2.29. The van der Waals surface area contributed by atoms with E-state index in [4.69, 9.17) is 14.2 Å². The van der Waals surface area contributed by atoms with Gasteiger partial charge in [-0.1, -0.05) is 12.1 Å². The number of nitrogens with one attached hydrogen (secondary N) is 2. The fraction of sp³-hybridized carbons (Fsp3) is 0.350. The Hall–Kier alpha value is -2.89. The third-order valence-corrected chi connectivity index (χ3v) is 3.62. The molecule has 0 aliphatic rings. The molecule has 0 saturated carbocycles. The van der Waals surface area contributed by atoms with Crippen LogP contribution in [0.25, 0.3) is 0 Å². The normalized spacial score (nSPS) is 11.2. The van der Waals surface area contributed by atoms with Crippen molar-refractivity contribution in [3.05, 3.63) is 48.0 Å². The lowest BCUT2D eigenvalue weighted by atomic mass is 10.2. The van der Waals surface area contributed by atoms with Crippen LogP contribution in [0.5, 0.6) is 17.2 Å². The Labute approximate surface area is 155 Å². The molecule has 26 heavy (non-hydrogen) atoms. The van der Waals surface area contributed by atoms with Gasteiger partial charge in [0, 0.05) is 25.3 Å². The lowest BCUT2D eigenvalue weighted by Gasteiger charge is -2.14. The van der Waals surface area contributed by atoms with Crippen molar-refractivity contribution >= 4 is 11.6 Å². The second kappa shape index (κ2) is 9.56. The molecule has 6 nitrogen and oxygen atoms in total. The van der Waals surface area contributed by atoms with Crippen LogP contribution in [0.15, 0.2) is 47.5 Å². The van der Waals surface area contributed by atoms with Crippen LogP contribution >= 0.6 is 0 Å². The fourth-order valence-electron chi connectivity index (χ4n) is 2.37. The Kier molecular flexibility index (Phi) is 7.14. The number of ether oxygens (including phenoxy) is 3. The Bertz CT molecular complexity index is 728. The van der Waals surface area contributed by atoms with Crippen molar-refractivity contribution in [1.29, 1.82) is 0 Å². The van der Waals surface area contributed by atoms with Gasteiger partial charge in [-0.15, -0.1) is 0 Å². The molecule has 0 amide bonds. The number of nitrogens with zero attached hydrogens (tertiary/aromatic N) is 1. The van der Waals surface area contributed by atoms with Crippen molar-refractivity contribution in [3.63, 3.8) is 0 Å². The zero-order chi connectivity index (χ0) is 18.9. The average molecular weight is 357 g/mol. The summed E-state index contributed by atoms with van der Waals surface area (Å²) < 4.78 is 16.2. The summed E-state index contributed by atoms with van der Waals surface area (Å²) in [7, 11) is 4.96. The van der Waals surface area contributed by atoms with Gasteiger partial charge in [-0.2, -0.15) is 0 Å². The van der Waals surface area contributed by atoms with Crippen LogP contribution in [0.3, 0.4) is 0 Å². The van der Waals surface area contributed by atoms with E-state index in [0.29, 0.717) is 24.0 Å². The maximum absolute atomic E-state index is 5.66. The van der Waals surface area contributed by atoms with E-state index in [2.05, 4.69) is 15.6 Å². The number of aliphatic imine (C=N–C) groups is 1. The van der Waals surface area contributed by atoms with Gasteiger partial charge in [0.1, 0.15) is 5.75 Å². The molecule has 0 saturated heterocycles. The molecule has 0 aromatic heterocycles. The van der Waals surface area contributed by atoms with E-state index in [1.165, 1.54) is 0 Å². The first kappa shape index (κ1) is 19.4. The van der Waals surface area contributed by atoms with Gasteiger partial charge < -0.3 is 24.8 Å². The van der Waals surface area contributed by atoms with Crippen LogP contribution in [0.1, 0.15) is 19.4 Å². The zero-order valence-electron chi connectivity index (χ0n) is 16.0. The first-order valence-corrected chi connectivity index (χ1v) is 8.51. The fourth-order valence-corrected chi connectivity index (χ4v) is 2.37. The van der Waals surface area contributed by atoms with Crippen molar-refractivity contribution in [2.75, 3.05) is 26.6 Å². The topological polar surface area (TPSA) is 64.1 Å². The molecule has 2 rings (SSSR count). The van der Waals surface area contributed by atoms with E-state index < -0.39 is 0 Å². The summed E-state index contributed by atoms with van der Waals surface area (Å²) in [5, 5.41) is 6.53. The highest BCUT2D eigenvalue weighted by molar-refractivity contribution is 5.93. The van der Waals surface area contributed by atoms with Crippen LogP contribution in [0.4, 0.5) is 5.69 Å². The van der Waals surface area contributed by atoms with E-state index in [1.807, 2.05) is 56.3 Å². The van der Waals surface area contributed by atoms with E-state index >= 15 is 0 Å². The molecule has 0 aliphatic carbocycles. The van der Waals surface area contributed by atoms with Gasteiger partial charge in [0.25, 0.3) is 0 Å². The van der Waals surface area contributed by atoms with Crippen LogP contribution in [0, 0.1) is 0 Å². The van der Waals surface area contributed by atoms with Crippen LogP contribution in [0.2, 0.25) is 0 Å². The number of hydrogen-bond acceptors (Lipinski definition) is 4. The minimum absolute atomic E-state index is 0.170. The molecule has 6 heteroatoms. The predicted octanol–water partition coefficient (Wildman–Crippen LogP) is 3.68. The monoisotopic (exact) mass is 357 g/mol. The minimum atomic E-state index is 0.170. The summed E-state index contributed by atoms with van der Waals surface area (Å²) in [5.41, 5.74) is 1.99. The average Bonchev–Trinajstić information content (AvgIpc) is 2.65. The zero-order valence-corrected chi connectivity index (χ0v) is 16.0. The molecular formula is C20H27N3O3. The Morgan fingerprint density at radius 3 is 2.27 bits per heavy atom. The maximum atomic E-state index is 5.66. The SMILES string of the molecule is CN=C(NCc1ccc(OC(C)C)cc1)Nc1ccc(OC)c(OC)c1. The van der Waals surface area contributed by atoms with E-state index in [-0.39, 0.29) is 6.10 Å². The second-order valence-corrected chi connectivity index (χ2v) is 5.93. The van der Waals surface area contributed by atoms with Crippen molar-refractivity contribution in [1.82, 2.24) is 5.32 Å². The third kappa shape index (κ3) is 5.58. The molecule has 0 unspecified atom stereocenters. The molecule has 0 heterocycles. The van der Waals surface area contributed by atoms with Crippen LogP contribution in [-0.2, 0) is 6.54 Å². The van der Waals surface area contributed by atoms with Crippen molar-refractivity contribution in [3.8, 4) is 17.2 Å². The summed E-state index contributed by atoms with van der Waals surface area (Å²) in [6, 6.07) is 13.6. The Morgan fingerprint density at radius 1 is 1.00 bits per heavy atom. The van der Waals surface area contributed by atoms with Gasteiger partial charge in [0.15, 0.2) is 17.5 Å². The van der Waals surface area contributed by atoms with Crippen LogP contribution in [-0.4, -0.2) is 33.3 Å². The van der Waals surface area contributed by atoms with E-state index in [0.717, 1.165) is 17.0 Å². The largest absolute Gasteiger partial charge is 0.493 e. The van der Waals surface area contributed by atoms with Gasteiger partial charge in [-0.05, 0) is 43.7 Å². The van der Waals surface area contributed by atoms with Gasteiger partial charge in [-0.3, -0.25) is 4.99 Å². The first-order valence-electron chi connectivity index (χ1n) is 8.51. The van der Waals surface area contributed by atoms with Gasteiger partial charge >= 0.3 is 0 Å². The second-order valence-electron chi connectivity index (χ2n) is 5.93. The maximum Gasteiger partial charge on any atom is 0.195 e. The standard InChI is InChI=1S/C20H27N3O3/c1-14(2)26-17-9-6-15(7-10-17)13-22-20(21-3)23-16-8-11-18(24-4)19(12-16)25-5/h6-12,14H,13H2,1-5H3,(H2,21,22,23). The molecule has 0 spiro atoms. The summed E-state index contributed by atoms with van der Waals surface area (Å²) >= 11 is 0. The number of benzene rings is 2. The van der Waals surface area contributed by atoms with Gasteiger partial charge in [-0.25, -0.2) is 0 Å². The van der Waals surface area contributed by atoms with Gasteiger partial charge in [0.05, 0.1) is 20.3 Å². The van der Waals surface area contributed by atoms with E-state index in [9.17, 15) is 0 Å². The first-order chi connectivity index (χ1) is 12.5. The molecular weight excluding hydrogens is 330 g/mol. The minimum Gasteiger partial charge on any atom is -0.493 e. The van der Waals surface area contributed by atoms with Crippen LogP contribution < -0.4 is 24.8 Å². The highest BCUT2D eigenvalue weighted by Gasteiger charge is 2.06. The number of rotatable bonds is 7. The smallest absolute Gasteiger partial charge is 0.195 e. The van der Waals surface area contributed by atoms with Gasteiger partial charge in [0.2, 0.25) is 0 Å². The molecule has 0 bridgehead atoms. The number of methoxy groups -OCH3 is 2. The molecule has 2 N–H and O–H groups in total. The number of guanidine groups is 1. The predicted molar refractivity (Wildman–Crippen MR) is 106 cm³/mol. The Morgan fingerprint density at radius 2 is 1.69 bits per heavy atom. The Balaban J connectivity index is 1.95. The quantitative estimate of drug-likeness (QED) is 0.585. The molecule has 0 radical (unpaired) electrons. The van der Waals surface area contributed by atoms with E-state index in [1.54, 1.807) is 21.3 Å². The summed E-state index contributed by atoms with van der Waals surface area (Å²) in [4.78, 5) is 4.25. The highest BCUT2D eigenvalue weighted by atomic mass is 16.5. The summed E-state index contributed by atoms with van der Waals surface area (Å²) in [6.45, 7) is 4.67. The molecule has 0 fully saturated rings. The lowest BCUT2D eigenvalue weighted by Crippen LogP contribution is -2.30. The number of hydrogen-bond donors (Lipinski definition) is 2. The molecule has 140 valence electrons. The summed E-state index contributed by atoms with van der Waals surface area (Å²) in [5.74, 6) is 2.88. The van der Waals surface area contributed by atoms with Crippen molar-refractivity contribution in [2.45, 2.75) is 26.5 Å². The molecule has 2 aromatic carbocycles. The lowest BCUT2D eigenvalue weighted by molar-refractivity contribution is 0.242. The molecule has 0 atom stereocenters. The van der Waals surface area contributed by atoms with Crippen molar-refractivity contribution < 1.29 is 14.2 Å². The molecule has 0 aliphatic heterocycles. The number of anilines is 1. The summed E-state index contributed by atoms with van der Waals surface area (Å²) in [6.07, 6.45) is 0.170. The third-order valence-electron chi connectivity index (χ3n) is 3.62. The van der Waals surface area contributed by atoms with Crippen molar-refractivity contribution in [2.24, 2.45) is 4.99 Å².